The van der Waals surface area contributed by atoms with Crippen molar-refractivity contribution in [3.8, 4) is 0 Å². The van der Waals surface area contributed by atoms with Gasteiger partial charge in [-0.2, -0.15) is 0 Å². The highest BCUT2D eigenvalue weighted by Gasteiger charge is 2.45. The molecule has 0 aromatic heterocycles. The fourth-order valence-corrected chi connectivity index (χ4v) is 5.93. The van der Waals surface area contributed by atoms with E-state index in [1.54, 1.807) is 14.0 Å². The molecule has 8 atom stereocenters. The van der Waals surface area contributed by atoms with Crippen molar-refractivity contribution in [3.63, 3.8) is 0 Å². The Morgan fingerprint density at radius 2 is 1.45 bits per heavy atom. The van der Waals surface area contributed by atoms with Crippen molar-refractivity contribution in [2.45, 2.75) is 118 Å². The Morgan fingerprint density at radius 3 is 2.02 bits per heavy atom. The molecule has 2 rings (SSSR count). The van der Waals surface area contributed by atoms with Crippen LogP contribution in [0.15, 0.2) is 0 Å². The van der Waals surface area contributed by atoms with Crippen molar-refractivity contribution < 1.29 is 33.5 Å². The number of nitrogens with zero attached hydrogens (tertiary/aromatic N) is 3. The molecule has 0 aromatic carbocycles. The van der Waals surface area contributed by atoms with Gasteiger partial charge in [0.1, 0.15) is 24.2 Å². The number of hydrogen-bond donors (Lipinski definition) is 2. The number of carbonyl (C=O) groups is 6. The van der Waals surface area contributed by atoms with Crippen LogP contribution in [0.2, 0.25) is 0 Å². The molecule has 44 heavy (non-hydrogen) atoms. The Bertz CT molecular complexity index is 1070. The van der Waals surface area contributed by atoms with Gasteiger partial charge in [-0.1, -0.05) is 61.3 Å². The second-order valence-electron chi connectivity index (χ2n) is 13.2. The van der Waals surface area contributed by atoms with Gasteiger partial charge in [-0.15, -0.1) is 0 Å². The lowest BCUT2D eigenvalue weighted by Gasteiger charge is -2.39. The number of ether oxygens (including phenoxy) is 1. The van der Waals surface area contributed by atoms with Gasteiger partial charge in [0.05, 0.1) is 6.42 Å². The van der Waals surface area contributed by atoms with Crippen molar-refractivity contribution in [2.24, 2.45) is 23.7 Å². The third-order valence-electron chi connectivity index (χ3n) is 9.40. The lowest BCUT2D eigenvalue weighted by molar-refractivity contribution is -0.162. The summed E-state index contributed by atoms with van der Waals surface area (Å²) in [5.74, 6) is -3.48. The van der Waals surface area contributed by atoms with Crippen LogP contribution in [0.5, 0.6) is 0 Å². The second-order valence-corrected chi connectivity index (χ2v) is 13.2. The van der Waals surface area contributed by atoms with Crippen LogP contribution in [0.4, 0.5) is 0 Å². The Morgan fingerprint density at radius 1 is 0.841 bits per heavy atom. The molecule has 0 aliphatic carbocycles. The van der Waals surface area contributed by atoms with Gasteiger partial charge in [0.25, 0.3) is 5.91 Å². The number of hydrogen-bond acceptors (Lipinski definition) is 7. The topological polar surface area (TPSA) is 145 Å². The summed E-state index contributed by atoms with van der Waals surface area (Å²) in [4.78, 5) is 85.7. The molecule has 8 unspecified atom stereocenters. The van der Waals surface area contributed by atoms with E-state index in [-0.39, 0.29) is 43.1 Å². The zero-order chi connectivity index (χ0) is 33.5. The highest BCUT2D eigenvalue weighted by Crippen LogP contribution is 2.28. The highest BCUT2D eigenvalue weighted by molar-refractivity contribution is 5.96. The standard InChI is InChI=1S/C32H55N5O7/c1-11-19(5)25-31(42)36(10)27(20(6)12-2)32(43)35(9)22(8)28(39)33-15-13-24(38)44-23(17-18(3)4)30(41)37-16-14-21(7)26(37)29(40)34-25/h18-23,25-27H,11-17H2,1-10H3,(H,33,39)(H,34,40). The summed E-state index contributed by atoms with van der Waals surface area (Å²) in [6.45, 7) is 15.2. The SMILES string of the molecule is CCC(C)C1NC(=O)C2C(C)CCN2C(=O)C(CC(C)C)OC(=O)CCNC(=O)C(C)N(C)C(=O)C(C(C)CC)N(C)C1=O. The van der Waals surface area contributed by atoms with E-state index in [0.717, 1.165) is 0 Å². The molecule has 0 spiro atoms. The predicted molar refractivity (Wildman–Crippen MR) is 166 cm³/mol. The Balaban J connectivity index is 2.60. The fraction of sp³-hybridized carbons (Fsp3) is 0.812. The molecule has 2 heterocycles. The van der Waals surface area contributed by atoms with E-state index < -0.39 is 65.8 Å². The minimum atomic E-state index is -1.09. The maximum Gasteiger partial charge on any atom is 0.308 e. The molecule has 0 saturated carbocycles. The maximum atomic E-state index is 14.1. The van der Waals surface area contributed by atoms with E-state index in [2.05, 4.69) is 10.6 Å². The number of amides is 5. The van der Waals surface area contributed by atoms with Crippen LogP contribution in [0, 0.1) is 23.7 Å². The maximum absolute atomic E-state index is 14.1. The average Bonchev–Trinajstić information content (AvgIpc) is 3.37. The van der Waals surface area contributed by atoms with Crippen LogP contribution in [0.1, 0.15) is 87.5 Å². The normalized spacial score (nSPS) is 30.2. The molecule has 2 fully saturated rings. The van der Waals surface area contributed by atoms with E-state index in [1.165, 1.54) is 21.7 Å². The number of cyclic esters (lactones) is 1. The Hall–Kier alpha value is -3.18. The van der Waals surface area contributed by atoms with Gasteiger partial charge in [-0.25, -0.2) is 0 Å². The van der Waals surface area contributed by atoms with Crippen molar-refractivity contribution in [2.75, 3.05) is 27.2 Å². The summed E-state index contributed by atoms with van der Waals surface area (Å²) in [6, 6.07) is -3.56. The van der Waals surface area contributed by atoms with Crippen LogP contribution in [-0.4, -0.2) is 108 Å². The quantitative estimate of drug-likeness (QED) is 0.431. The number of likely N-dealkylation sites (N-methyl/N-ethyl adjacent to an activating group) is 2. The van der Waals surface area contributed by atoms with Gasteiger partial charge in [-0.05, 0) is 43.4 Å². The first-order valence-electron chi connectivity index (χ1n) is 16.2. The van der Waals surface area contributed by atoms with Gasteiger partial charge in [0, 0.05) is 27.2 Å². The summed E-state index contributed by atoms with van der Waals surface area (Å²) in [6.07, 6.45) is 0.781. The third-order valence-corrected chi connectivity index (χ3v) is 9.40. The monoisotopic (exact) mass is 621 g/mol. The molecule has 0 bridgehead atoms. The van der Waals surface area contributed by atoms with Crippen LogP contribution in [0.25, 0.3) is 0 Å². The molecule has 250 valence electrons. The number of carbonyl (C=O) groups excluding carboxylic acids is 6. The number of rotatable bonds is 6. The molecule has 2 saturated heterocycles. The molecule has 0 radical (unpaired) electrons. The first-order valence-corrected chi connectivity index (χ1v) is 16.2. The first kappa shape index (κ1) is 37.0. The zero-order valence-corrected chi connectivity index (χ0v) is 28.3. The van der Waals surface area contributed by atoms with Gasteiger partial charge in [-0.3, -0.25) is 28.8 Å². The smallest absolute Gasteiger partial charge is 0.308 e. The molecule has 2 aliphatic rings. The van der Waals surface area contributed by atoms with Gasteiger partial charge >= 0.3 is 5.97 Å². The lowest BCUT2D eigenvalue weighted by atomic mass is 9.92. The van der Waals surface area contributed by atoms with Crippen LogP contribution >= 0.6 is 0 Å². The van der Waals surface area contributed by atoms with Crippen molar-refractivity contribution in [1.82, 2.24) is 25.3 Å². The Kier molecular flexibility index (Phi) is 13.6. The van der Waals surface area contributed by atoms with Crippen molar-refractivity contribution in [3.05, 3.63) is 0 Å². The molecule has 2 N–H and O–H groups in total. The van der Waals surface area contributed by atoms with Crippen LogP contribution in [-0.2, 0) is 33.5 Å². The molecule has 12 heteroatoms. The van der Waals surface area contributed by atoms with E-state index in [0.29, 0.717) is 25.8 Å². The lowest BCUT2D eigenvalue weighted by Crippen LogP contribution is -2.61. The van der Waals surface area contributed by atoms with Crippen LogP contribution < -0.4 is 10.6 Å². The molecular formula is C32H55N5O7. The minimum absolute atomic E-state index is 0.0284. The second kappa shape index (κ2) is 16.2. The van der Waals surface area contributed by atoms with Crippen molar-refractivity contribution in [1.29, 1.82) is 0 Å². The zero-order valence-electron chi connectivity index (χ0n) is 28.3. The number of nitrogens with one attached hydrogen (secondary N) is 2. The molecule has 5 amide bonds. The van der Waals surface area contributed by atoms with Gasteiger partial charge in [0.15, 0.2) is 6.10 Å². The summed E-state index contributed by atoms with van der Waals surface area (Å²) in [7, 11) is 3.08. The summed E-state index contributed by atoms with van der Waals surface area (Å²) >= 11 is 0. The van der Waals surface area contributed by atoms with Crippen LogP contribution in [0.3, 0.4) is 0 Å². The number of fused-ring (bicyclic) bond motifs is 1. The van der Waals surface area contributed by atoms with Gasteiger partial charge in [0.2, 0.25) is 23.6 Å². The summed E-state index contributed by atoms with van der Waals surface area (Å²) in [5, 5.41) is 5.63. The van der Waals surface area contributed by atoms with E-state index in [4.69, 9.17) is 4.74 Å². The highest BCUT2D eigenvalue weighted by atomic mass is 16.5. The summed E-state index contributed by atoms with van der Waals surface area (Å²) in [5.41, 5.74) is 0. The minimum Gasteiger partial charge on any atom is -0.452 e. The molecule has 2 aliphatic heterocycles. The first-order chi connectivity index (χ1) is 20.6. The van der Waals surface area contributed by atoms with E-state index in [1.807, 2.05) is 48.5 Å². The molecule has 12 nitrogen and oxygen atoms in total. The van der Waals surface area contributed by atoms with Gasteiger partial charge < -0.3 is 30.1 Å². The fourth-order valence-electron chi connectivity index (χ4n) is 5.93. The van der Waals surface area contributed by atoms with Crippen molar-refractivity contribution >= 4 is 35.5 Å². The predicted octanol–water partition coefficient (Wildman–Crippen LogP) is 1.95. The largest absolute Gasteiger partial charge is 0.452 e. The third kappa shape index (κ3) is 8.72. The Labute approximate surface area is 263 Å². The van der Waals surface area contributed by atoms with E-state index in [9.17, 15) is 28.8 Å². The van der Waals surface area contributed by atoms with E-state index >= 15 is 0 Å². The average molecular weight is 622 g/mol. The number of esters is 1. The summed E-state index contributed by atoms with van der Waals surface area (Å²) < 4.78 is 5.64. The molecule has 0 aromatic rings. The molecular weight excluding hydrogens is 566 g/mol.